The van der Waals surface area contributed by atoms with Gasteiger partial charge in [-0.3, -0.25) is 4.99 Å². The smallest absolute Gasteiger partial charge is 0.387 e. The Labute approximate surface area is 181 Å². The normalized spacial score (nSPS) is 12.1. The second-order valence-corrected chi connectivity index (χ2v) is 5.97. The van der Waals surface area contributed by atoms with E-state index in [-0.39, 0.29) is 36.3 Å². The van der Waals surface area contributed by atoms with Gasteiger partial charge in [-0.15, -0.1) is 24.0 Å². The van der Waals surface area contributed by atoms with Crippen molar-refractivity contribution in [1.82, 2.24) is 10.6 Å². The lowest BCUT2D eigenvalue weighted by Crippen LogP contribution is -2.38. The van der Waals surface area contributed by atoms with Gasteiger partial charge in [0.05, 0.1) is 7.11 Å². The third-order valence-corrected chi connectivity index (χ3v) is 4.10. The highest BCUT2D eigenvalue weighted by molar-refractivity contribution is 14.0. The fourth-order valence-corrected chi connectivity index (χ4v) is 2.58. The molecular formula is C20H26F2IN3O2. The van der Waals surface area contributed by atoms with Crippen LogP contribution in [0.25, 0.3) is 0 Å². The summed E-state index contributed by atoms with van der Waals surface area (Å²) in [6.07, 6.45) is 0. The highest BCUT2D eigenvalue weighted by atomic mass is 127. The number of halogens is 3. The number of hydrogen-bond acceptors (Lipinski definition) is 3. The van der Waals surface area contributed by atoms with Gasteiger partial charge in [0.1, 0.15) is 11.5 Å². The maximum Gasteiger partial charge on any atom is 0.387 e. The number of rotatable bonds is 8. The van der Waals surface area contributed by atoms with Gasteiger partial charge >= 0.3 is 6.61 Å². The molecule has 0 heterocycles. The monoisotopic (exact) mass is 505 g/mol. The van der Waals surface area contributed by atoms with Gasteiger partial charge in [-0.1, -0.05) is 37.3 Å². The van der Waals surface area contributed by atoms with Crippen molar-refractivity contribution in [2.75, 3.05) is 20.7 Å². The van der Waals surface area contributed by atoms with E-state index >= 15 is 0 Å². The minimum atomic E-state index is -2.89. The molecule has 8 heteroatoms. The van der Waals surface area contributed by atoms with Crippen molar-refractivity contribution in [1.29, 1.82) is 0 Å². The number of alkyl halides is 2. The Hall–Kier alpha value is -2.10. The molecule has 5 nitrogen and oxygen atoms in total. The number of hydrogen-bond donors (Lipinski definition) is 2. The summed E-state index contributed by atoms with van der Waals surface area (Å²) in [5.41, 5.74) is 1.77. The van der Waals surface area contributed by atoms with Gasteiger partial charge < -0.3 is 20.1 Å². The van der Waals surface area contributed by atoms with Crippen LogP contribution in [0.1, 0.15) is 24.0 Å². The van der Waals surface area contributed by atoms with Crippen molar-refractivity contribution in [2.45, 2.75) is 26.0 Å². The summed E-state index contributed by atoms with van der Waals surface area (Å²) in [5, 5.41) is 6.36. The maximum absolute atomic E-state index is 12.6. The molecule has 154 valence electrons. The topological polar surface area (TPSA) is 54.9 Å². The largest absolute Gasteiger partial charge is 0.497 e. The lowest BCUT2D eigenvalue weighted by molar-refractivity contribution is -0.0504. The number of nitrogens with one attached hydrogen (secondary N) is 2. The summed E-state index contributed by atoms with van der Waals surface area (Å²) >= 11 is 0. The summed E-state index contributed by atoms with van der Waals surface area (Å²) in [6.45, 7) is 0.175. The molecule has 0 spiro atoms. The number of nitrogens with zero attached hydrogens (tertiary/aromatic N) is 1. The van der Waals surface area contributed by atoms with Gasteiger partial charge in [0.25, 0.3) is 0 Å². The van der Waals surface area contributed by atoms with Crippen LogP contribution in [0.3, 0.4) is 0 Å². The van der Waals surface area contributed by atoms with Crippen LogP contribution in [0.2, 0.25) is 0 Å². The number of methoxy groups -OCH3 is 1. The molecule has 2 N–H and O–H groups in total. The third-order valence-electron chi connectivity index (χ3n) is 4.10. The Morgan fingerprint density at radius 3 is 2.43 bits per heavy atom. The first kappa shape index (κ1) is 23.9. The quantitative estimate of drug-likeness (QED) is 0.318. The van der Waals surface area contributed by atoms with Crippen LogP contribution >= 0.6 is 24.0 Å². The molecule has 0 aliphatic rings. The van der Waals surface area contributed by atoms with Gasteiger partial charge in [0.15, 0.2) is 5.96 Å². The average Bonchev–Trinajstić information content (AvgIpc) is 2.69. The van der Waals surface area contributed by atoms with Gasteiger partial charge in [-0.05, 0) is 29.7 Å². The fourth-order valence-electron chi connectivity index (χ4n) is 2.58. The fraction of sp³-hybridized carbons (Fsp3) is 0.350. The van der Waals surface area contributed by atoms with Crippen molar-refractivity contribution in [2.24, 2.45) is 4.99 Å². The molecule has 0 bridgehead atoms. The van der Waals surface area contributed by atoms with Gasteiger partial charge in [-0.25, -0.2) is 0 Å². The van der Waals surface area contributed by atoms with Crippen LogP contribution in [0, 0.1) is 0 Å². The van der Waals surface area contributed by atoms with Crippen LogP contribution in [0.5, 0.6) is 11.5 Å². The van der Waals surface area contributed by atoms with Gasteiger partial charge in [-0.2, -0.15) is 8.78 Å². The Bertz CT molecular complexity index is 745. The molecule has 0 aromatic heterocycles. The van der Waals surface area contributed by atoms with E-state index in [0.29, 0.717) is 29.7 Å². The van der Waals surface area contributed by atoms with Crippen LogP contribution in [-0.2, 0) is 6.54 Å². The zero-order valence-electron chi connectivity index (χ0n) is 16.1. The van der Waals surface area contributed by atoms with Crippen LogP contribution in [0.4, 0.5) is 8.78 Å². The zero-order valence-corrected chi connectivity index (χ0v) is 18.4. The van der Waals surface area contributed by atoms with Crippen molar-refractivity contribution in [3.8, 4) is 11.5 Å². The number of aliphatic imine (C=N–C) groups is 1. The molecule has 0 radical (unpaired) electrons. The number of benzene rings is 2. The van der Waals surface area contributed by atoms with Gasteiger partial charge in [0, 0.05) is 25.7 Å². The molecule has 2 aromatic carbocycles. The van der Waals surface area contributed by atoms with Crippen molar-refractivity contribution in [3.63, 3.8) is 0 Å². The number of guanidine groups is 1. The second kappa shape index (κ2) is 12.4. The number of ether oxygens (including phenoxy) is 2. The zero-order chi connectivity index (χ0) is 19.6. The summed E-state index contributed by atoms with van der Waals surface area (Å²) in [6, 6.07) is 14.9. The van der Waals surface area contributed by atoms with E-state index in [1.807, 2.05) is 18.2 Å². The molecule has 2 rings (SSSR count). The molecular weight excluding hydrogens is 479 g/mol. The first-order valence-corrected chi connectivity index (χ1v) is 8.64. The molecule has 1 atom stereocenters. The first-order valence-electron chi connectivity index (χ1n) is 8.64. The molecule has 1 unspecified atom stereocenters. The Morgan fingerprint density at radius 2 is 1.82 bits per heavy atom. The van der Waals surface area contributed by atoms with E-state index in [0.717, 1.165) is 0 Å². The average molecular weight is 505 g/mol. The Balaban J connectivity index is 0.00000392. The van der Waals surface area contributed by atoms with E-state index in [4.69, 9.17) is 4.74 Å². The van der Waals surface area contributed by atoms with Crippen molar-refractivity contribution < 1.29 is 18.3 Å². The molecule has 0 aliphatic carbocycles. The minimum absolute atomic E-state index is 0. The highest BCUT2D eigenvalue weighted by Gasteiger charge is 2.12. The maximum atomic E-state index is 12.6. The molecule has 28 heavy (non-hydrogen) atoms. The first-order chi connectivity index (χ1) is 13.0. The lowest BCUT2D eigenvalue weighted by Gasteiger charge is -2.17. The van der Waals surface area contributed by atoms with E-state index in [1.165, 1.54) is 18.7 Å². The summed E-state index contributed by atoms with van der Waals surface area (Å²) < 4.78 is 35.0. The summed E-state index contributed by atoms with van der Waals surface area (Å²) in [7, 11) is 3.18. The van der Waals surface area contributed by atoms with Crippen molar-refractivity contribution >= 4 is 29.9 Å². The Morgan fingerprint density at radius 1 is 1.11 bits per heavy atom. The molecule has 0 fully saturated rings. The molecule has 0 saturated carbocycles. The minimum Gasteiger partial charge on any atom is -0.497 e. The van der Waals surface area contributed by atoms with Crippen LogP contribution in [0.15, 0.2) is 53.5 Å². The molecule has 2 aromatic rings. The standard InChI is InChI=1S/C20H25F2N3O2.HI/c1-14(15-7-5-4-6-8-15)12-24-20(23-2)25-13-16-11-17(26-3)9-10-18(16)27-19(21)22;/h4-11,14,19H,12-13H2,1-3H3,(H2,23,24,25);1H. The molecule has 0 amide bonds. The SMILES string of the molecule is CN=C(NCc1cc(OC)ccc1OC(F)F)NCC(C)c1ccccc1.I. The molecule has 0 aliphatic heterocycles. The highest BCUT2D eigenvalue weighted by Crippen LogP contribution is 2.25. The van der Waals surface area contributed by atoms with Crippen LogP contribution < -0.4 is 20.1 Å². The van der Waals surface area contributed by atoms with E-state index < -0.39 is 6.61 Å². The van der Waals surface area contributed by atoms with E-state index in [1.54, 1.807) is 19.2 Å². The predicted octanol–water partition coefficient (Wildman–Crippen LogP) is 4.38. The molecule has 0 saturated heterocycles. The van der Waals surface area contributed by atoms with Crippen molar-refractivity contribution in [3.05, 3.63) is 59.7 Å². The second-order valence-electron chi connectivity index (χ2n) is 5.97. The predicted molar refractivity (Wildman–Crippen MR) is 118 cm³/mol. The Kier molecular flexibility index (Phi) is 10.6. The van der Waals surface area contributed by atoms with Gasteiger partial charge in [0.2, 0.25) is 0 Å². The van der Waals surface area contributed by atoms with Crippen LogP contribution in [-0.4, -0.2) is 33.3 Å². The summed E-state index contributed by atoms with van der Waals surface area (Å²) in [4.78, 5) is 4.18. The van der Waals surface area contributed by atoms with E-state index in [9.17, 15) is 8.78 Å². The lowest BCUT2D eigenvalue weighted by atomic mass is 10.0. The third kappa shape index (κ3) is 7.49. The summed E-state index contributed by atoms with van der Waals surface area (Å²) in [5.74, 6) is 1.53. The van der Waals surface area contributed by atoms with E-state index in [2.05, 4.69) is 39.4 Å².